The third kappa shape index (κ3) is 3.47. The molecule has 1 aliphatic carbocycles. The summed E-state index contributed by atoms with van der Waals surface area (Å²) in [6.45, 7) is 1.94. The van der Waals surface area contributed by atoms with E-state index in [1.165, 1.54) is 41.8 Å². The number of carbonyl (C=O) groups is 2. The summed E-state index contributed by atoms with van der Waals surface area (Å²) in [5.41, 5.74) is 0.286. The van der Waals surface area contributed by atoms with Crippen molar-refractivity contribution in [3.63, 3.8) is 0 Å². The van der Waals surface area contributed by atoms with E-state index in [9.17, 15) is 29.3 Å². The number of amides is 1. The second kappa shape index (κ2) is 8.81. The number of non-ortho nitro benzene ring substituents is 1. The van der Waals surface area contributed by atoms with E-state index < -0.39 is 22.1 Å². The highest BCUT2D eigenvalue weighted by atomic mass is 16.6. The second-order valence-corrected chi connectivity index (χ2v) is 9.20. The van der Waals surface area contributed by atoms with E-state index >= 15 is 0 Å². The maximum Gasteiger partial charge on any atom is 0.332 e. The van der Waals surface area contributed by atoms with Crippen molar-refractivity contribution >= 4 is 28.9 Å². The predicted octanol–water partition coefficient (Wildman–Crippen LogP) is 3.27. The molecule has 0 N–H and O–H groups in total. The van der Waals surface area contributed by atoms with Crippen molar-refractivity contribution in [1.29, 1.82) is 0 Å². The van der Waals surface area contributed by atoms with Gasteiger partial charge in [0.2, 0.25) is 5.91 Å². The van der Waals surface area contributed by atoms with Crippen LogP contribution in [0.2, 0.25) is 0 Å². The Balaban J connectivity index is 1.93. The van der Waals surface area contributed by atoms with Gasteiger partial charge in [-0.25, -0.2) is 4.79 Å². The Morgan fingerprint density at radius 2 is 1.70 bits per heavy atom. The summed E-state index contributed by atoms with van der Waals surface area (Å²) in [5, 5.41) is 11.6. The van der Waals surface area contributed by atoms with Gasteiger partial charge in [0.25, 0.3) is 11.2 Å². The maximum absolute atomic E-state index is 13.9. The van der Waals surface area contributed by atoms with Crippen molar-refractivity contribution in [1.82, 2.24) is 9.13 Å². The third-order valence-electron chi connectivity index (χ3n) is 7.01. The molecule has 1 amide bonds. The van der Waals surface area contributed by atoms with Crippen LogP contribution >= 0.6 is 0 Å². The second-order valence-electron chi connectivity index (χ2n) is 9.20. The molecule has 1 aliphatic heterocycles. The molecule has 2 heterocycles. The fraction of sp³-hybridized carbons (Fsp3) is 0.259. The molecule has 2 aromatic carbocycles. The molecule has 0 spiro atoms. The lowest BCUT2D eigenvalue weighted by atomic mass is 9.80. The average molecular weight is 501 g/mol. The molecule has 188 valence electrons. The number of nitro benzene ring substituents is 1. The zero-order chi connectivity index (χ0) is 26.6. The summed E-state index contributed by atoms with van der Waals surface area (Å²) in [7, 11) is 2.80. The molecule has 0 unspecified atom stereocenters. The maximum atomic E-state index is 13.9. The van der Waals surface area contributed by atoms with Crippen LogP contribution < -0.4 is 16.1 Å². The number of hydrogen-bond acceptors (Lipinski definition) is 6. The molecular weight excluding hydrogens is 476 g/mol. The van der Waals surface area contributed by atoms with Crippen LogP contribution in [0.25, 0.3) is 5.70 Å². The minimum atomic E-state index is -1.02. The van der Waals surface area contributed by atoms with E-state index in [4.69, 9.17) is 0 Å². The molecule has 2 aliphatic rings. The van der Waals surface area contributed by atoms with Crippen LogP contribution in [-0.4, -0.2) is 25.7 Å². The highest BCUT2D eigenvalue weighted by Gasteiger charge is 2.47. The van der Waals surface area contributed by atoms with Crippen LogP contribution in [0.3, 0.4) is 0 Å². The number of fused-ring (bicyclic) bond motifs is 3. The highest BCUT2D eigenvalue weighted by molar-refractivity contribution is 6.27. The van der Waals surface area contributed by atoms with Crippen LogP contribution in [0.15, 0.2) is 63.7 Å². The standard InChI is InChI=1S/C27H24N4O6/c1-4-5-13-19(32)30-23-17-11-6-7-12-18(17)24(33)21(23)20(15-9-8-10-16(14-15)31(36)37)22-25(30)28(2)27(35)29(3)26(22)34/h6-12,14,20H,4-5,13H2,1-3H3/t20-/m1/s1. The summed E-state index contributed by atoms with van der Waals surface area (Å²) in [6.07, 6.45) is 1.48. The fourth-order valence-corrected chi connectivity index (χ4v) is 5.26. The van der Waals surface area contributed by atoms with Gasteiger partial charge in [-0.2, -0.15) is 0 Å². The van der Waals surface area contributed by atoms with Gasteiger partial charge in [0.15, 0.2) is 5.78 Å². The van der Waals surface area contributed by atoms with Gasteiger partial charge in [-0.05, 0) is 12.0 Å². The number of nitro groups is 1. The molecular formula is C27H24N4O6. The lowest BCUT2D eigenvalue weighted by Gasteiger charge is -2.36. The van der Waals surface area contributed by atoms with Gasteiger partial charge in [-0.15, -0.1) is 0 Å². The number of nitrogens with zero attached hydrogens (tertiary/aromatic N) is 4. The topological polar surface area (TPSA) is 125 Å². The minimum Gasteiger partial charge on any atom is -0.289 e. The Morgan fingerprint density at radius 3 is 2.38 bits per heavy atom. The number of benzene rings is 2. The summed E-state index contributed by atoms with van der Waals surface area (Å²) in [6, 6.07) is 12.6. The molecule has 0 saturated heterocycles. The molecule has 0 fully saturated rings. The minimum absolute atomic E-state index is 0.0508. The van der Waals surface area contributed by atoms with E-state index in [1.807, 2.05) is 6.92 Å². The largest absolute Gasteiger partial charge is 0.332 e. The van der Waals surface area contributed by atoms with Crippen LogP contribution in [0.5, 0.6) is 0 Å². The first-order valence-corrected chi connectivity index (χ1v) is 11.9. The van der Waals surface area contributed by atoms with Crippen molar-refractivity contribution in [3.05, 3.63) is 107 Å². The summed E-state index contributed by atoms with van der Waals surface area (Å²) in [4.78, 5) is 66.7. The number of hydrogen-bond donors (Lipinski definition) is 0. The molecule has 0 bridgehead atoms. The normalized spacial score (nSPS) is 15.9. The molecule has 10 heteroatoms. The number of ketones is 1. The number of aromatic nitrogens is 2. The lowest BCUT2D eigenvalue weighted by Crippen LogP contribution is -2.47. The molecule has 37 heavy (non-hydrogen) atoms. The molecule has 5 rings (SSSR count). The van der Waals surface area contributed by atoms with Crippen molar-refractivity contribution < 1.29 is 14.5 Å². The average Bonchev–Trinajstić information content (AvgIpc) is 3.20. The Hall–Kier alpha value is -4.60. The zero-order valence-electron chi connectivity index (χ0n) is 20.6. The van der Waals surface area contributed by atoms with Crippen LogP contribution in [0, 0.1) is 10.1 Å². The zero-order valence-corrected chi connectivity index (χ0v) is 20.6. The number of allylic oxidation sites excluding steroid dienone is 1. The Kier molecular flexibility index (Phi) is 5.74. The first-order valence-electron chi connectivity index (χ1n) is 11.9. The van der Waals surface area contributed by atoms with Crippen molar-refractivity contribution in [3.8, 4) is 0 Å². The first kappa shape index (κ1) is 24.1. The Bertz CT molecular complexity index is 1660. The molecule has 1 atom stereocenters. The molecule has 0 radical (unpaired) electrons. The van der Waals surface area contributed by atoms with E-state index in [0.29, 0.717) is 28.8 Å². The van der Waals surface area contributed by atoms with Gasteiger partial charge in [-0.3, -0.25) is 38.5 Å². The van der Waals surface area contributed by atoms with Crippen LogP contribution in [0.1, 0.15) is 59.2 Å². The predicted molar refractivity (Wildman–Crippen MR) is 137 cm³/mol. The number of rotatable bonds is 5. The van der Waals surface area contributed by atoms with Gasteiger partial charge >= 0.3 is 5.69 Å². The number of unbranched alkanes of at least 4 members (excludes halogenated alkanes) is 1. The SMILES string of the molecule is CCCCC(=O)N1C2=C(C(=O)c3ccccc32)[C@@H](c2cccc([N+](=O)[O-])c2)c2c1n(C)c(=O)n(C)c2=O. The molecule has 1 aromatic heterocycles. The van der Waals surface area contributed by atoms with Crippen molar-refractivity contribution in [2.24, 2.45) is 14.1 Å². The highest BCUT2D eigenvalue weighted by Crippen LogP contribution is 2.51. The quantitative estimate of drug-likeness (QED) is 0.391. The Morgan fingerprint density at radius 1 is 1.00 bits per heavy atom. The summed E-state index contributed by atoms with van der Waals surface area (Å²) >= 11 is 0. The van der Waals surface area contributed by atoms with Crippen LogP contribution in [0.4, 0.5) is 11.5 Å². The smallest absolute Gasteiger partial charge is 0.289 e. The number of anilines is 1. The van der Waals surface area contributed by atoms with Gasteiger partial charge in [-0.1, -0.05) is 49.7 Å². The monoisotopic (exact) mass is 500 g/mol. The molecule has 10 nitrogen and oxygen atoms in total. The Labute approximate surface area is 211 Å². The van der Waals surface area contributed by atoms with E-state index in [1.54, 1.807) is 30.3 Å². The summed E-state index contributed by atoms with van der Waals surface area (Å²) < 4.78 is 2.16. The number of carbonyl (C=O) groups excluding carboxylic acids is 2. The van der Waals surface area contributed by atoms with Crippen molar-refractivity contribution in [2.75, 3.05) is 4.90 Å². The van der Waals surface area contributed by atoms with Crippen molar-refractivity contribution in [2.45, 2.75) is 32.1 Å². The van der Waals surface area contributed by atoms with Gasteiger partial charge in [0, 0.05) is 55.3 Å². The molecule has 3 aromatic rings. The van der Waals surface area contributed by atoms with Gasteiger partial charge < -0.3 is 0 Å². The summed E-state index contributed by atoms with van der Waals surface area (Å²) in [5.74, 6) is -1.66. The first-order chi connectivity index (χ1) is 17.7. The molecule has 0 saturated carbocycles. The van der Waals surface area contributed by atoms with Gasteiger partial charge in [0.05, 0.1) is 16.2 Å². The van der Waals surface area contributed by atoms with Gasteiger partial charge in [0.1, 0.15) is 5.82 Å². The van der Waals surface area contributed by atoms with E-state index in [-0.39, 0.29) is 40.8 Å². The number of Topliss-reactive ketones (excluding diaryl/α,β-unsaturated/α-hetero) is 1. The fourth-order valence-electron chi connectivity index (χ4n) is 5.26. The van der Waals surface area contributed by atoms with E-state index in [2.05, 4.69) is 0 Å². The lowest BCUT2D eigenvalue weighted by molar-refractivity contribution is -0.384. The third-order valence-corrected chi connectivity index (χ3v) is 7.01. The van der Waals surface area contributed by atoms with E-state index in [0.717, 1.165) is 11.0 Å². The van der Waals surface area contributed by atoms with Crippen LogP contribution in [-0.2, 0) is 18.9 Å².